The zero-order valence-corrected chi connectivity index (χ0v) is 13.0. The lowest BCUT2D eigenvalue weighted by Gasteiger charge is -2.19. The number of ether oxygens (including phenoxy) is 1. The minimum absolute atomic E-state index is 0.0294. The molecule has 4 heteroatoms. The highest BCUT2D eigenvalue weighted by atomic mass is 79.9. The molecule has 0 aromatic heterocycles. The van der Waals surface area contributed by atoms with E-state index in [9.17, 15) is 4.79 Å². The van der Waals surface area contributed by atoms with Crippen molar-refractivity contribution in [1.29, 1.82) is 0 Å². The first-order valence-corrected chi connectivity index (χ1v) is 6.96. The molecule has 0 aliphatic carbocycles. The largest absolute Gasteiger partial charge is 0.483 e. The summed E-state index contributed by atoms with van der Waals surface area (Å²) < 4.78 is 6.68. The number of hydrogen-bond donors (Lipinski definition) is 0. The summed E-state index contributed by atoms with van der Waals surface area (Å²) >= 11 is 3.44. The Morgan fingerprint density at radius 3 is 2.17 bits per heavy atom. The molecule has 1 aromatic rings. The number of halogens is 1. The maximum absolute atomic E-state index is 11.9. The van der Waals surface area contributed by atoms with Gasteiger partial charge in [-0.3, -0.25) is 4.79 Å². The molecule has 0 fully saturated rings. The van der Waals surface area contributed by atoms with E-state index in [0.717, 1.165) is 34.4 Å². The van der Waals surface area contributed by atoms with Gasteiger partial charge in [-0.25, -0.2) is 0 Å². The molecule has 18 heavy (non-hydrogen) atoms. The Kier molecular flexibility index (Phi) is 5.66. The van der Waals surface area contributed by atoms with E-state index in [0.29, 0.717) is 0 Å². The van der Waals surface area contributed by atoms with Crippen LogP contribution in [0.25, 0.3) is 0 Å². The minimum atomic E-state index is 0.0294. The third-order valence-electron chi connectivity index (χ3n) is 2.88. The average molecular weight is 314 g/mol. The molecule has 100 valence electrons. The van der Waals surface area contributed by atoms with Gasteiger partial charge in [-0.1, -0.05) is 15.9 Å². The number of carbonyl (C=O) groups excluding carboxylic acids is 1. The third kappa shape index (κ3) is 3.73. The Balaban J connectivity index is 2.72. The van der Waals surface area contributed by atoms with Gasteiger partial charge < -0.3 is 9.64 Å². The molecule has 0 saturated carbocycles. The maximum atomic E-state index is 11.9. The highest BCUT2D eigenvalue weighted by molar-refractivity contribution is 9.10. The lowest BCUT2D eigenvalue weighted by Crippen LogP contribution is -2.34. The Morgan fingerprint density at radius 1 is 1.22 bits per heavy atom. The summed E-state index contributed by atoms with van der Waals surface area (Å²) in [5.41, 5.74) is 2.07. The second-order valence-electron chi connectivity index (χ2n) is 4.22. The summed E-state index contributed by atoms with van der Waals surface area (Å²) in [7, 11) is 0. The van der Waals surface area contributed by atoms with E-state index in [4.69, 9.17) is 4.74 Å². The van der Waals surface area contributed by atoms with Gasteiger partial charge in [0.05, 0.1) is 0 Å². The molecule has 1 rings (SSSR count). The monoisotopic (exact) mass is 313 g/mol. The molecule has 0 unspecified atom stereocenters. The van der Waals surface area contributed by atoms with Gasteiger partial charge >= 0.3 is 0 Å². The van der Waals surface area contributed by atoms with Gasteiger partial charge in [0.1, 0.15) is 5.75 Å². The Labute approximate surface area is 117 Å². The summed E-state index contributed by atoms with van der Waals surface area (Å²) in [6.45, 7) is 9.44. The molecule has 0 spiro atoms. The summed E-state index contributed by atoms with van der Waals surface area (Å²) in [6, 6.07) is 3.98. The molecule has 0 radical (unpaired) electrons. The number of likely N-dealkylation sites (N-methyl/N-ethyl adjacent to an activating group) is 1. The van der Waals surface area contributed by atoms with Crippen LogP contribution in [0, 0.1) is 13.8 Å². The molecule has 0 aliphatic heterocycles. The van der Waals surface area contributed by atoms with Gasteiger partial charge in [0.25, 0.3) is 5.91 Å². The molecular weight excluding hydrogens is 294 g/mol. The molecule has 0 aliphatic rings. The van der Waals surface area contributed by atoms with Crippen molar-refractivity contribution in [1.82, 2.24) is 4.90 Å². The van der Waals surface area contributed by atoms with E-state index in [1.807, 2.05) is 39.8 Å². The Hall–Kier alpha value is -1.03. The van der Waals surface area contributed by atoms with E-state index in [1.165, 1.54) is 0 Å². The van der Waals surface area contributed by atoms with Gasteiger partial charge in [0, 0.05) is 17.6 Å². The van der Waals surface area contributed by atoms with E-state index in [1.54, 1.807) is 4.90 Å². The van der Waals surface area contributed by atoms with Crippen LogP contribution in [0.2, 0.25) is 0 Å². The molecule has 1 amide bonds. The lowest BCUT2D eigenvalue weighted by atomic mass is 10.1. The van der Waals surface area contributed by atoms with E-state index in [-0.39, 0.29) is 12.5 Å². The van der Waals surface area contributed by atoms with Crippen molar-refractivity contribution in [2.75, 3.05) is 19.7 Å². The fourth-order valence-electron chi connectivity index (χ4n) is 1.93. The van der Waals surface area contributed by atoms with Crippen LogP contribution in [0.1, 0.15) is 25.0 Å². The van der Waals surface area contributed by atoms with Gasteiger partial charge in [0.2, 0.25) is 0 Å². The average Bonchev–Trinajstić information content (AvgIpc) is 2.29. The van der Waals surface area contributed by atoms with Crippen LogP contribution < -0.4 is 4.74 Å². The van der Waals surface area contributed by atoms with Gasteiger partial charge in [-0.15, -0.1) is 0 Å². The fraction of sp³-hybridized carbons (Fsp3) is 0.500. The Bertz CT molecular complexity index is 405. The normalized spacial score (nSPS) is 10.3. The summed E-state index contributed by atoms with van der Waals surface area (Å²) in [6.07, 6.45) is 0. The second kappa shape index (κ2) is 6.78. The summed E-state index contributed by atoms with van der Waals surface area (Å²) in [5.74, 6) is 0.834. The number of hydrogen-bond acceptors (Lipinski definition) is 2. The highest BCUT2D eigenvalue weighted by Crippen LogP contribution is 2.27. The zero-order valence-electron chi connectivity index (χ0n) is 11.4. The molecular formula is C14H20BrNO2. The standard InChI is InChI=1S/C14H20BrNO2/c1-5-16(6-2)13(17)9-18-14-10(3)7-12(15)8-11(14)4/h7-8H,5-6,9H2,1-4H3. The number of carbonyl (C=O) groups is 1. The van der Waals surface area contributed by atoms with Gasteiger partial charge in [-0.2, -0.15) is 0 Å². The molecule has 0 heterocycles. The van der Waals surface area contributed by atoms with Crippen LogP contribution in [0.4, 0.5) is 0 Å². The molecule has 1 aromatic carbocycles. The van der Waals surface area contributed by atoms with Crippen molar-refractivity contribution >= 4 is 21.8 Å². The van der Waals surface area contributed by atoms with Crippen LogP contribution in [0.5, 0.6) is 5.75 Å². The SMILES string of the molecule is CCN(CC)C(=O)COc1c(C)cc(Br)cc1C. The van der Waals surface area contributed by atoms with Gasteiger partial charge in [0.15, 0.2) is 6.61 Å². The fourth-order valence-corrected chi connectivity index (χ4v) is 2.61. The minimum Gasteiger partial charge on any atom is -0.483 e. The Morgan fingerprint density at radius 2 is 1.72 bits per heavy atom. The van der Waals surface area contributed by atoms with Crippen molar-refractivity contribution in [2.24, 2.45) is 0 Å². The van der Waals surface area contributed by atoms with Crippen LogP contribution >= 0.6 is 15.9 Å². The lowest BCUT2D eigenvalue weighted by molar-refractivity contribution is -0.132. The van der Waals surface area contributed by atoms with Crippen LogP contribution in [0.15, 0.2) is 16.6 Å². The first-order chi connectivity index (χ1) is 8.49. The van der Waals surface area contributed by atoms with Crippen molar-refractivity contribution < 1.29 is 9.53 Å². The number of rotatable bonds is 5. The van der Waals surface area contributed by atoms with Crippen LogP contribution in [-0.2, 0) is 4.79 Å². The predicted molar refractivity (Wildman–Crippen MR) is 77.0 cm³/mol. The highest BCUT2D eigenvalue weighted by Gasteiger charge is 2.12. The predicted octanol–water partition coefficient (Wildman–Crippen LogP) is 3.31. The van der Waals surface area contributed by atoms with Crippen molar-refractivity contribution in [3.63, 3.8) is 0 Å². The van der Waals surface area contributed by atoms with E-state index < -0.39 is 0 Å². The maximum Gasteiger partial charge on any atom is 0.260 e. The number of aryl methyl sites for hydroxylation is 2. The zero-order chi connectivity index (χ0) is 13.7. The van der Waals surface area contributed by atoms with Crippen molar-refractivity contribution in [3.05, 3.63) is 27.7 Å². The number of benzene rings is 1. The molecule has 0 saturated heterocycles. The molecule has 0 bridgehead atoms. The smallest absolute Gasteiger partial charge is 0.260 e. The molecule has 0 N–H and O–H groups in total. The molecule has 3 nitrogen and oxygen atoms in total. The summed E-state index contributed by atoms with van der Waals surface area (Å²) in [5, 5.41) is 0. The second-order valence-corrected chi connectivity index (χ2v) is 5.14. The summed E-state index contributed by atoms with van der Waals surface area (Å²) in [4.78, 5) is 13.6. The first kappa shape index (κ1) is 15.0. The first-order valence-electron chi connectivity index (χ1n) is 6.16. The van der Waals surface area contributed by atoms with Crippen LogP contribution in [0.3, 0.4) is 0 Å². The molecule has 0 atom stereocenters. The number of nitrogens with zero attached hydrogens (tertiary/aromatic N) is 1. The van der Waals surface area contributed by atoms with Gasteiger partial charge in [-0.05, 0) is 51.0 Å². The quantitative estimate of drug-likeness (QED) is 0.834. The van der Waals surface area contributed by atoms with Crippen molar-refractivity contribution in [2.45, 2.75) is 27.7 Å². The van der Waals surface area contributed by atoms with E-state index in [2.05, 4.69) is 15.9 Å². The van der Waals surface area contributed by atoms with E-state index >= 15 is 0 Å². The van der Waals surface area contributed by atoms with Crippen molar-refractivity contribution in [3.8, 4) is 5.75 Å². The van der Waals surface area contributed by atoms with Crippen LogP contribution in [-0.4, -0.2) is 30.5 Å². The topological polar surface area (TPSA) is 29.5 Å². The third-order valence-corrected chi connectivity index (χ3v) is 3.34. The number of amides is 1.